The Morgan fingerprint density at radius 2 is 1.47 bits per heavy atom. The molecule has 0 aliphatic carbocycles. The molecule has 6 heteroatoms. The summed E-state index contributed by atoms with van der Waals surface area (Å²) in [6.45, 7) is 1.74. The van der Waals surface area contributed by atoms with Gasteiger partial charge in [0.15, 0.2) is 0 Å². The van der Waals surface area contributed by atoms with E-state index >= 15 is 0 Å². The number of carbonyl (C=O) groups excluding carboxylic acids is 2. The Labute approximate surface area is 205 Å². The van der Waals surface area contributed by atoms with Crippen molar-refractivity contribution in [3.63, 3.8) is 0 Å². The maximum Gasteiger partial charge on any atom is 0.253 e. The van der Waals surface area contributed by atoms with Crippen LogP contribution in [-0.2, 0) is 17.8 Å². The Morgan fingerprint density at radius 3 is 2.09 bits per heavy atom. The zero-order chi connectivity index (χ0) is 23.5. The number of halogens is 1. The van der Waals surface area contributed by atoms with E-state index in [4.69, 9.17) is 11.6 Å². The molecule has 2 aliphatic heterocycles. The Bertz CT molecular complexity index is 1140. The van der Waals surface area contributed by atoms with Crippen LogP contribution in [0.25, 0.3) is 0 Å². The standard InChI is InChI=1S/C28H28ClN3O2/c29-24-13-11-23(12-14-24)26(33)31-17-15-28(16-18-31)30-25(19-21-7-3-1-4-8-21)27(34)32(28)20-22-9-5-2-6-10-22/h1-14,25,30H,15-20H2. The maximum absolute atomic E-state index is 13.6. The van der Waals surface area contributed by atoms with Gasteiger partial charge in [-0.3, -0.25) is 14.9 Å². The minimum absolute atomic E-state index is 0.00582. The van der Waals surface area contributed by atoms with E-state index in [9.17, 15) is 9.59 Å². The minimum atomic E-state index is -0.455. The monoisotopic (exact) mass is 473 g/mol. The highest BCUT2D eigenvalue weighted by molar-refractivity contribution is 6.30. The van der Waals surface area contributed by atoms with Gasteiger partial charge in [0.2, 0.25) is 5.91 Å². The van der Waals surface area contributed by atoms with Crippen molar-refractivity contribution in [3.05, 3.63) is 107 Å². The normalized spacial score (nSPS) is 19.6. The molecule has 2 saturated heterocycles. The zero-order valence-electron chi connectivity index (χ0n) is 19.0. The van der Waals surface area contributed by atoms with Gasteiger partial charge in [-0.25, -0.2) is 0 Å². The number of nitrogens with one attached hydrogen (secondary N) is 1. The molecule has 5 nitrogen and oxygen atoms in total. The van der Waals surface area contributed by atoms with Crippen LogP contribution < -0.4 is 5.32 Å². The molecule has 5 rings (SSSR count). The lowest BCUT2D eigenvalue weighted by molar-refractivity contribution is -0.134. The SMILES string of the molecule is O=C(c1ccc(Cl)cc1)N1CCC2(CC1)NC(Cc1ccccc1)C(=O)N2Cc1ccccc1. The van der Waals surface area contributed by atoms with E-state index in [0.717, 1.165) is 11.1 Å². The van der Waals surface area contributed by atoms with Crippen LogP contribution in [0.4, 0.5) is 0 Å². The van der Waals surface area contributed by atoms with Gasteiger partial charge < -0.3 is 9.80 Å². The topological polar surface area (TPSA) is 52.7 Å². The third-order valence-electron chi connectivity index (χ3n) is 6.96. The van der Waals surface area contributed by atoms with E-state index < -0.39 is 5.66 Å². The molecule has 2 amide bonds. The molecular formula is C28H28ClN3O2. The van der Waals surface area contributed by atoms with E-state index in [1.807, 2.05) is 46.2 Å². The van der Waals surface area contributed by atoms with Crippen molar-refractivity contribution < 1.29 is 9.59 Å². The number of likely N-dealkylation sites (tertiary alicyclic amines) is 1. The third kappa shape index (κ3) is 4.59. The highest BCUT2D eigenvalue weighted by Gasteiger charge is 2.51. The Hall–Kier alpha value is -3.15. The molecular weight excluding hydrogens is 446 g/mol. The van der Waals surface area contributed by atoms with Crippen LogP contribution in [-0.4, -0.2) is 46.4 Å². The Morgan fingerprint density at radius 1 is 0.882 bits per heavy atom. The molecule has 2 heterocycles. The van der Waals surface area contributed by atoms with Crippen molar-refractivity contribution in [3.8, 4) is 0 Å². The minimum Gasteiger partial charge on any atom is -0.338 e. The summed E-state index contributed by atoms with van der Waals surface area (Å²) in [4.78, 5) is 30.6. The summed E-state index contributed by atoms with van der Waals surface area (Å²) in [6, 6.07) is 27.0. The number of hydrogen-bond acceptors (Lipinski definition) is 3. The molecule has 0 saturated carbocycles. The number of rotatable bonds is 5. The first kappa shape index (κ1) is 22.6. The lowest BCUT2D eigenvalue weighted by Gasteiger charge is -2.44. The first-order valence-electron chi connectivity index (χ1n) is 11.8. The summed E-state index contributed by atoms with van der Waals surface area (Å²) in [5, 5.41) is 4.32. The molecule has 3 aromatic carbocycles. The summed E-state index contributed by atoms with van der Waals surface area (Å²) in [5.41, 5.74) is 2.43. The molecule has 3 aromatic rings. The summed E-state index contributed by atoms with van der Waals surface area (Å²) >= 11 is 5.98. The molecule has 1 unspecified atom stereocenters. The molecule has 2 fully saturated rings. The number of carbonyl (C=O) groups is 2. The summed E-state index contributed by atoms with van der Waals surface area (Å²) in [7, 11) is 0. The van der Waals surface area contributed by atoms with Gasteiger partial charge in [-0.15, -0.1) is 0 Å². The number of nitrogens with zero attached hydrogens (tertiary/aromatic N) is 2. The fourth-order valence-electron chi connectivity index (χ4n) is 5.12. The van der Waals surface area contributed by atoms with Crippen LogP contribution in [0.2, 0.25) is 5.02 Å². The molecule has 0 aromatic heterocycles. The molecule has 174 valence electrons. The van der Waals surface area contributed by atoms with Gasteiger partial charge in [0, 0.05) is 43.1 Å². The highest BCUT2D eigenvalue weighted by Crippen LogP contribution is 2.35. The quantitative estimate of drug-likeness (QED) is 0.593. The maximum atomic E-state index is 13.6. The number of amides is 2. The lowest BCUT2D eigenvalue weighted by atomic mass is 9.94. The second-order valence-corrected chi connectivity index (χ2v) is 9.56. The molecule has 34 heavy (non-hydrogen) atoms. The highest BCUT2D eigenvalue weighted by atomic mass is 35.5. The van der Waals surface area contributed by atoms with Gasteiger partial charge in [-0.2, -0.15) is 0 Å². The van der Waals surface area contributed by atoms with Crippen molar-refractivity contribution in [1.29, 1.82) is 0 Å². The number of benzene rings is 3. The third-order valence-corrected chi connectivity index (χ3v) is 7.21. The van der Waals surface area contributed by atoms with Crippen LogP contribution in [0.1, 0.15) is 34.3 Å². The summed E-state index contributed by atoms with van der Waals surface area (Å²) in [6.07, 6.45) is 2.03. The first-order valence-corrected chi connectivity index (χ1v) is 12.1. The Balaban J connectivity index is 1.35. The lowest BCUT2D eigenvalue weighted by Crippen LogP contribution is -2.59. The Kier molecular flexibility index (Phi) is 6.40. The van der Waals surface area contributed by atoms with Crippen molar-refractivity contribution in [2.45, 2.75) is 37.5 Å². The van der Waals surface area contributed by atoms with Crippen molar-refractivity contribution >= 4 is 23.4 Å². The van der Waals surface area contributed by atoms with Crippen molar-refractivity contribution in [2.24, 2.45) is 0 Å². The fourth-order valence-corrected chi connectivity index (χ4v) is 5.24. The van der Waals surface area contributed by atoms with Crippen LogP contribution in [0.15, 0.2) is 84.9 Å². The largest absolute Gasteiger partial charge is 0.338 e. The average Bonchev–Trinajstić information content (AvgIpc) is 3.11. The van der Waals surface area contributed by atoms with Crippen molar-refractivity contribution in [1.82, 2.24) is 15.1 Å². The van der Waals surface area contributed by atoms with Gasteiger partial charge in [0.25, 0.3) is 5.91 Å². The summed E-state index contributed by atoms with van der Waals surface area (Å²) in [5.74, 6) is 0.136. The van der Waals surface area contributed by atoms with Crippen LogP contribution in [0.5, 0.6) is 0 Å². The molecule has 1 N–H and O–H groups in total. The smallest absolute Gasteiger partial charge is 0.253 e. The van der Waals surface area contributed by atoms with Gasteiger partial charge in [-0.1, -0.05) is 72.3 Å². The van der Waals surface area contributed by atoms with E-state index in [1.54, 1.807) is 24.3 Å². The average molecular weight is 474 g/mol. The molecule has 1 spiro atoms. The zero-order valence-corrected chi connectivity index (χ0v) is 19.7. The van der Waals surface area contributed by atoms with Gasteiger partial charge in [-0.05, 0) is 41.8 Å². The number of piperidine rings is 1. The van der Waals surface area contributed by atoms with Gasteiger partial charge in [0.05, 0.1) is 11.7 Å². The second kappa shape index (κ2) is 9.61. The van der Waals surface area contributed by atoms with Gasteiger partial charge >= 0.3 is 0 Å². The second-order valence-electron chi connectivity index (χ2n) is 9.13. The van der Waals surface area contributed by atoms with Crippen LogP contribution in [0, 0.1) is 0 Å². The van der Waals surface area contributed by atoms with E-state index in [1.165, 1.54) is 0 Å². The molecule has 1 atom stereocenters. The number of hydrogen-bond donors (Lipinski definition) is 1. The fraction of sp³-hybridized carbons (Fsp3) is 0.286. The van der Waals surface area contributed by atoms with Gasteiger partial charge in [0.1, 0.15) is 0 Å². The van der Waals surface area contributed by atoms with Crippen LogP contribution >= 0.6 is 11.6 Å². The first-order chi connectivity index (χ1) is 16.5. The van der Waals surface area contributed by atoms with E-state index in [-0.39, 0.29) is 17.9 Å². The van der Waals surface area contributed by atoms with Crippen LogP contribution in [0.3, 0.4) is 0 Å². The molecule has 0 radical (unpaired) electrons. The summed E-state index contributed by atoms with van der Waals surface area (Å²) < 4.78 is 0. The van der Waals surface area contributed by atoms with E-state index in [0.29, 0.717) is 49.5 Å². The van der Waals surface area contributed by atoms with Crippen molar-refractivity contribution in [2.75, 3.05) is 13.1 Å². The predicted molar refractivity (Wildman–Crippen MR) is 133 cm³/mol. The van der Waals surface area contributed by atoms with E-state index in [2.05, 4.69) is 29.6 Å². The predicted octanol–water partition coefficient (Wildman–Crippen LogP) is 4.52. The molecule has 0 bridgehead atoms. The molecule has 2 aliphatic rings.